The number of nitrogens with two attached hydrogens (primary N) is 1. The molecule has 19 heavy (non-hydrogen) atoms. The van der Waals surface area contributed by atoms with Crippen molar-refractivity contribution in [1.82, 2.24) is 0 Å². The van der Waals surface area contributed by atoms with Crippen molar-refractivity contribution in [3.63, 3.8) is 0 Å². The summed E-state index contributed by atoms with van der Waals surface area (Å²) in [5, 5.41) is 0. The van der Waals surface area contributed by atoms with E-state index in [1.54, 1.807) is 0 Å². The molecular formula is C17H27NO. The largest absolute Gasteiger partial charge is 0.492 e. The summed E-state index contributed by atoms with van der Waals surface area (Å²) in [6.45, 7) is 7.91. The summed E-state index contributed by atoms with van der Waals surface area (Å²) < 4.78 is 6.18. The first-order valence-corrected chi connectivity index (χ1v) is 7.47. The van der Waals surface area contributed by atoms with Gasteiger partial charge in [0.2, 0.25) is 0 Å². The Labute approximate surface area is 117 Å². The van der Waals surface area contributed by atoms with E-state index in [1.807, 2.05) is 0 Å². The topological polar surface area (TPSA) is 35.2 Å². The standard InChI is InChI=1S/C17H27NO/c1-13-9-14(2)16(15(3)10-13)19-12-17(11-18)7-5-4-6-8-17/h9-10H,4-8,11-12,18H2,1-3H3. The maximum atomic E-state index is 6.18. The molecule has 0 heterocycles. The van der Waals surface area contributed by atoms with E-state index >= 15 is 0 Å². The molecule has 0 amide bonds. The lowest BCUT2D eigenvalue weighted by Crippen LogP contribution is -2.38. The van der Waals surface area contributed by atoms with E-state index in [-0.39, 0.29) is 5.41 Å². The van der Waals surface area contributed by atoms with E-state index in [2.05, 4.69) is 32.9 Å². The SMILES string of the molecule is Cc1cc(C)c(OCC2(CN)CCCCC2)c(C)c1. The Kier molecular flexibility index (Phi) is 4.51. The Balaban J connectivity index is 2.09. The minimum absolute atomic E-state index is 0.210. The molecule has 0 bridgehead atoms. The van der Waals surface area contributed by atoms with Crippen molar-refractivity contribution in [2.75, 3.05) is 13.2 Å². The van der Waals surface area contributed by atoms with Crippen LogP contribution in [0.15, 0.2) is 12.1 Å². The van der Waals surface area contributed by atoms with Gasteiger partial charge in [0.05, 0.1) is 6.61 Å². The molecule has 2 rings (SSSR count). The summed E-state index contributed by atoms with van der Waals surface area (Å²) in [5.41, 5.74) is 10.0. The highest BCUT2D eigenvalue weighted by atomic mass is 16.5. The van der Waals surface area contributed by atoms with Crippen LogP contribution in [0, 0.1) is 26.2 Å². The van der Waals surface area contributed by atoms with Crippen molar-refractivity contribution in [3.8, 4) is 5.75 Å². The third-order valence-corrected chi connectivity index (χ3v) is 4.47. The smallest absolute Gasteiger partial charge is 0.125 e. The van der Waals surface area contributed by atoms with Gasteiger partial charge in [0.25, 0.3) is 0 Å². The van der Waals surface area contributed by atoms with Crippen molar-refractivity contribution in [2.45, 2.75) is 52.9 Å². The van der Waals surface area contributed by atoms with Crippen LogP contribution in [0.2, 0.25) is 0 Å². The van der Waals surface area contributed by atoms with Crippen molar-refractivity contribution >= 4 is 0 Å². The van der Waals surface area contributed by atoms with E-state index in [4.69, 9.17) is 10.5 Å². The second kappa shape index (κ2) is 5.96. The molecule has 1 saturated carbocycles. The molecule has 1 aliphatic rings. The average Bonchev–Trinajstić information content (AvgIpc) is 2.38. The Morgan fingerprint density at radius 1 is 1.05 bits per heavy atom. The van der Waals surface area contributed by atoms with Gasteiger partial charge in [0.1, 0.15) is 5.75 Å². The molecule has 2 N–H and O–H groups in total. The highest BCUT2D eigenvalue weighted by molar-refractivity contribution is 5.42. The number of benzene rings is 1. The Hall–Kier alpha value is -1.02. The zero-order valence-corrected chi connectivity index (χ0v) is 12.6. The molecule has 2 nitrogen and oxygen atoms in total. The maximum absolute atomic E-state index is 6.18. The van der Waals surface area contributed by atoms with E-state index < -0.39 is 0 Å². The molecular weight excluding hydrogens is 234 g/mol. The molecule has 1 fully saturated rings. The van der Waals surface area contributed by atoms with Gasteiger partial charge in [-0.05, 0) is 44.7 Å². The number of hydrogen-bond donors (Lipinski definition) is 1. The molecule has 2 heteroatoms. The van der Waals surface area contributed by atoms with Crippen LogP contribution in [0.25, 0.3) is 0 Å². The van der Waals surface area contributed by atoms with Crippen LogP contribution >= 0.6 is 0 Å². The molecule has 0 spiro atoms. The van der Waals surface area contributed by atoms with E-state index in [9.17, 15) is 0 Å². The van der Waals surface area contributed by atoms with Gasteiger partial charge in [0.15, 0.2) is 0 Å². The predicted octanol–water partition coefficient (Wildman–Crippen LogP) is 3.90. The lowest BCUT2D eigenvalue weighted by molar-refractivity contribution is 0.104. The minimum Gasteiger partial charge on any atom is -0.492 e. The Morgan fingerprint density at radius 2 is 1.63 bits per heavy atom. The van der Waals surface area contributed by atoms with Crippen LogP contribution in [0.1, 0.15) is 48.8 Å². The summed E-state index contributed by atoms with van der Waals surface area (Å²) in [4.78, 5) is 0. The van der Waals surface area contributed by atoms with E-state index in [0.29, 0.717) is 0 Å². The lowest BCUT2D eigenvalue weighted by atomic mass is 9.75. The Bertz CT molecular complexity index is 410. The first-order chi connectivity index (χ1) is 9.06. The van der Waals surface area contributed by atoms with Crippen LogP contribution in [-0.4, -0.2) is 13.2 Å². The van der Waals surface area contributed by atoms with Gasteiger partial charge in [0, 0.05) is 12.0 Å². The average molecular weight is 261 g/mol. The fraction of sp³-hybridized carbons (Fsp3) is 0.647. The summed E-state index contributed by atoms with van der Waals surface area (Å²) in [5.74, 6) is 1.06. The molecule has 0 aliphatic heterocycles. The minimum atomic E-state index is 0.210. The molecule has 0 atom stereocenters. The molecule has 0 aromatic heterocycles. The molecule has 0 unspecified atom stereocenters. The van der Waals surface area contributed by atoms with Crippen LogP contribution < -0.4 is 10.5 Å². The molecule has 1 aromatic carbocycles. The van der Waals surface area contributed by atoms with Gasteiger partial charge < -0.3 is 10.5 Å². The van der Waals surface area contributed by atoms with Gasteiger partial charge in [-0.2, -0.15) is 0 Å². The fourth-order valence-corrected chi connectivity index (χ4v) is 3.33. The number of ether oxygens (including phenoxy) is 1. The first-order valence-electron chi connectivity index (χ1n) is 7.47. The summed E-state index contributed by atoms with van der Waals surface area (Å²) >= 11 is 0. The van der Waals surface area contributed by atoms with Gasteiger partial charge >= 0.3 is 0 Å². The molecule has 106 valence electrons. The van der Waals surface area contributed by atoms with Crippen molar-refractivity contribution in [1.29, 1.82) is 0 Å². The third kappa shape index (κ3) is 3.30. The van der Waals surface area contributed by atoms with Crippen molar-refractivity contribution < 1.29 is 4.74 Å². The Morgan fingerprint density at radius 3 is 2.16 bits per heavy atom. The predicted molar refractivity (Wildman–Crippen MR) is 80.7 cm³/mol. The normalized spacial score (nSPS) is 18.3. The van der Waals surface area contributed by atoms with E-state index in [1.165, 1.54) is 48.8 Å². The highest BCUT2D eigenvalue weighted by Crippen LogP contribution is 2.36. The number of hydrogen-bond acceptors (Lipinski definition) is 2. The van der Waals surface area contributed by atoms with E-state index in [0.717, 1.165) is 18.9 Å². The quantitative estimate of drug-likeness (QED) is 0.892. The number of rotatable bonds is 4. The summed E-state index contributed by atoms with van der Waals surface area (Å²) in [6, 6.07) is 4.39. The second-order valence-corrected chi connectivity index (χ2v) is 6.28. The fourth-order valence-electron chi connectivity index (χ4n) is 3.33. The van der Waals surface area contributed by atoms with Crippen LogP contribution in [0.4, 0.5) is 0 Å². The van der Waals surface area contributed by atoms with Crippen LogP contribution in [0.5, 0.6) is 5.75 Å². The highest BCUT2D eigenvalue weighted by Gasteiger charge is 2.31. The van der Waals surface area contributed by atoms with Crippen molar-refractivity contribution in [2.24, 2.45) is 11.1 Å². The molecule has 0 radical (unpaired) electrons. The van der Waals surface area contributed by atoms with Crippen LogP contribution in [0.3, 0.4) is 0 Å². The summed E-state index contributed by atoms with van der Waals surface area (Å²) in [6.07, 6.45) is 6.38. The van der Waals surface area contributed by atoms with Gasteiger partial charge in [-0.15, -0.1) is 0 Å². The third-order valence-electron chi connectivity index (χ3n) is 4.47. The maximum Gasteiger partial charge on any atom is 0.125 e. The monoisotopic (exact) mass is 261 g/mol. The molecule has 1 aromatic rings. The lowest BCUT2D eigenvalue weighted by Gasteiger charge is -2.36. The van der Waals surface area contributed by atoms with Gasteiger partial charge in [-0.3, -0.25) is 0 Å². The van der Waals surface area contributed by atoms with Crippen LogP contribution in [-0.2, 0) is 0 Å². The molecule has 0 saturated heterocycles. The van der Waals surface area contributed by atoms with Crippen molar-refractivity contribution in [3.05, 3.63) is 28.8 Å². The van der Waals surface area contributed by atoms with Gasteiger partial charge in [-0.25, -0.2) is 0 Å². The summed E-state index contributed by atoms with van der Waals surface area (Å²) in [7, 11) is 0. The zero-order chi connectivity index (χ0) is 13.9. The zero-order valence-electron chi connectivity index (χ0n) is 12.6. The molecule has 1 aliphatic carbocycles. The second-order valence-electron chi connectivity index (χ2n) is 6.28. The van der Waals surface area contributed by atoms with Gasteiger partial charge in [-0.1, -0.05) is 37.0 Å². The number of aryl methyl sites for hydroxylation is 3. The first kappa shape index (κ1) is 14.4.